The minimum absolute atomic E-state index is 0.383. The van der Waals surface area contributed by atoms with Crippen LogP contribution in [0.1, 0.15) is 21.7 Å². The average molecular weight is 298 g/mol. The number of hydrogen-bond acceptors (Lipinski definition) is 4. The molecule has 0 radical (unpaired) electrons. The second-order valence-corrected chi connectivity index (χ2v) is 6.17. The van der Waals surface area contributed by atoms with Gasteiger partial charge in [-0.05, 0) is 42.3 Å². The van der Waals surface area contributed by atoms with Gasteiger partial charge in [0.2, 0.25) is 20.7 Å². The highest BCUT2D eigenvalue weighted by molar-refractivity contribution is 7.90. The normalized spacial score (nSPS) is 11.5. The van der Waals surface area contributed by atoms with Crippen LogP contribution in [0.25, 0.3) is 0 Å². The van der Waals surface area contributed by atoms with Crippen molar-refractivity contribution in [2.45, 2.75) is 17.8 Å². The molecular weight excluding hydrogens is 287 g/mol. The lowest BCUT2D eigenvalue weighted by Gasteiger charge is -2.05. The van der Waals surface area contributed by atoms with Gasteiger partial charge in [-0.3, -0.25) is 0 Å². The highest BCUT2D eigenvalue weighted by atomic mass is 32.2. The van der Waals surface area contributed by atoms with Crippen LogP contribution in [-0.2, 0) is 15.6 Å². The minimum atomic E-state index is -3.81. The third kappa shape index (κ3) is 2.88. The molecular formula is C13H11FO5S. The molecule has 0 spiro atoms. The highest BCUT2D eigenvalue weighted by Gasteiger charge is 2.22. The molecule has 106 valence electrons. The van der Waals surface area contributed by atoms with Gasteiger partial charge >= 0.3 is 5.97 Å². The number of hydrogen-bond donors (Lipinski definition) is 1. The molecule has 1 aromatic carbocycles. The van der Waals surface area contributed by atoms with E-state index < -0.39 is 32.5 Å². The van der Waals surface area contributed by atoms with Gasteiger partial charge < -0.3 is 9.52 Å². The Morgan fingerprint density at radius 3 is 2.55 bits per heavy atom. The number of aromatic carboxylic acids is 1. The lowest BCUT2D eigenvalue weighted by Crippen LogP contribution is -2.05. The highest BCUT2D eigenvalue weighted by Crippen LogP contribution is 2.21. The standard InChI is InChI=1S/C13H11FO5S/c1-8-6-10(14)3-2-9(8)7-20(17,18)12-5-4-11(19-12)13(15)16/h2-6H,7H2,1H3,(H,15,16). The monoisotopic (exact) mass is 298 g/mol. The summed E-state index contributed by atoms with van der Waals surface area (Å²) >= 11 is 0. The molecule has 0 atom stereocenters. The first-order valence-electron chi connectivity index (χ1n) is 5.60. The second kappa shape index (κ2) is 5.09. The number of furan rings is 1. The van der Waals surface area contributed by atoms with E-state index in [4.69, 9.17) is 9.52 Å². The molecule has 5 nitrogen and oxygen atoms in total. The first kappa shape index (κ1) is 14.3. The first-order chi connectivity index (χ1) is 9.29. The zero-order chi connectivity index (χ0) is 14.9. The molecule has 0 bridgehead atoms. The Balaban J connectivity index is 2.33. The number of rotatable bonds is 4. The number of aryl methyl sites for hydroxylation is 1. The second-order valence-electron chi connectivity index (χ2n) is 4.25. The van der Waals surface area contributed by atoms with E-state index in [1.807, 2.05) is 0 Å². The quantitative estimate of drug-likeness (QED) is 0.937. The van der Waals surface area contributed by atoms with Gasteiger partial charge in [0.25, 0.3) is 0 Å². The van der Waals surface area contributed by atoms with E-state index in [0.717, 1.165) is 12.1 Å². The van der Waals surface area contributed by atoms with E-state index in [-0.39, 0.29) is 5.75 Å². The van der Waals surface area contributed by atoms with E-state index in [1.165, 1.54) is 18.2 Å². The smallest absolute Gasteiger partial charge is 0.371 e. The number of sulfone groups is 1. The molecule has 0 aliphatic carbocycles. The Morgan fingerprint density at radius 1 is 1.30 bits per heavy atom. The summed E-state index contributed by atoms with van der Waals surface area (Å²) in [7, 11) is -3.81. The van der Waals surface area contributed by atoms with Crippen molar-refractivity contribution in [3.05, 3.63) is 53.0 Å². The van der Waals surface area contributed by atoms with Crippen LogP contribution in [0.3, 0.4) is 0 Å². The lowest BCUT2D eigenvalue weighted by atomic mass is 10.1. The zero-order valence-corrected chi connectivity index (χ0v) is 11.3. The Kier molecular flexibility index (Phi) is 3.63. The summed E-state index contributed by atoms with van der Waals surface area (Å²) in [6.07, 6.45) is 0. The number of carboxylic acids is 1. The van der Waals surface area contributed by atoms with Gasteiger partial charge in [-0.25, -0.2) is 17.6 Å². The van der Waals surface area contributed by atoms with Gasteiger partial charge in [-0.2, -0.15) is 0 Å². The Bertz CT molecular complexity index is 761. The first-order valence-corrected chi connectivity index (χ1v) is 7.26. The van der Waals surface area contributed by atoms with E-state index in [9.17, 15) is 17.6 Å². The van der Waals surface area contributed by atoms with Crippen molar-refractivity contribution in [1.29, 1.82) is 0 Å². The fraction of sp³-hybridized carbons (Fsp3) is 0.154. The van der Waals surface area contributed by atoms with E-state index in [2.05, 4.69) is 0 Å². The number of carboxylic acid groups (broad SMARTS) is 1. The molecule has 0 unspecified atom stereocenters. The topological polar surface area (TPSA) is 84.6 Å². The van der Waals surface area contributed by atoms with Gasteiger partial charge in [0, 0.05) is 0 Å². The number of benzene rings is 1. The summed E-state index contributed by atoms with van der Waals surface area (Å²) in [5.74, 6) is -2.62. The van der Waals surface area contributed by atoms with Gasteiger partial charge in [0.05, 0.1) is 5.75 Å². The van der Waals surface area contributed by atoms with Gasteiger partial charge in [0.15, 0.2) is 0 Å². The lowest BCUT2D eigenvalue weighted by molar-refractivity contribution is 0.0656. The van der Waals surface area contributed by atoms with Crippen LogP contribution in [-0.4, -0.2) is 19.5 Å². The Labute approximate surface area is 114 Å². The van der Waals surface area contributed by atoms with Crippen LogP contribution in [0.15, 0.2) is 39.8 Å². The SMILES string of the molecule is Cc1cc(F)ccc1CS(=O)(=O)c1ccc(C(=O)O)o1. The molecule has 20 heavy (non-hydrogen) atoms. The summed E-state index contributed by atoms with van der Waals surface area (Å²) in [6, 6.07) is 5.95. The van der Waals surface area contributed by atoms with Crippen LogP contribution < -0.4 is 0 Å². The fourth-order valence-corrected chi connectivity index (χ4v) is 3.07. The third-order valence-corrected chi connectivity index (χ3v) is 4.27. The summed E-state index contributed by atoms with van der Waals surface area (Å²) in [5, 5.41) is 8.28. The molecule has 0 fully saturated rings. The third-order valence-electron chi connectivity index (χ3n) is 2.75. The Hall–Kier alpha value is -2.15. The van der Waals surface area contributed by atoms with Gasteiger partial charge in [0.1, 0.15) is 5.82 Å². The van der Waals surface area contributed by atoms with Crippen molar-refractivity contribution in [2.24, 2.45) is 0 Å². The summed E-state index contributed by atoms with van der Waals surface area (Å²) in [6.45, 7) is 1.60. The van der Waals surface area contributed by atoms with Crippen molar-refractivity contribution in [1.82, 2.24) is 0 Å². The van der Waals surface area contributed by atoms with Crippen LogP contribution in [0.4, 0.5) is 4.39 Å². The summed E-state index contributed by atoms with van der Waals surface area (Å²) in [4.78, 5) is 10.7. The predicted molar refractivity (Wildman–Crippen MR) is 67.7 cm³/mol. The van der Waals surface area contributed by atoms with E-state index in [0.29, 0.717) is 11.1 Å². The summed E-state index contributed by atoms with van der Waals surface area (Å²) in [5.41, 5.74) is 0.929. The molecule has 2 aromatic rings. The average Bonchev–Trinajstić information content (AvgIpc) is 2.83. The molecule has 0 saturated carbocycles. The Morgan fingerprint density at radius 2 is 2.00 bits per heavy atom. The molecule has 1 aromatic heterocycles. The van der Waals surface area contributed by atoms with Crippen molar-refractivity contribution < 1.29 is 27.1 Å². The zero-order valence-electron chi connectivity index (χ0n) is 10.5. The van der Waals surface area contributed by atoms with Crippen molar-refractivity contribution in [3.8, 4) is 0 Å². The van der Waals surface area contributed by atoms with Crippen molar-refractivity contribution in [2.75, 3.05) is 0 Å². The molecule has 0 amide bonds. The fourth-order valence-electron chi connectivity index (χ4n) is 1.70. The van der Waals surface area contributed by atoms with Crippen molar-refractivity contribution in [3.63, 3.8) is 0 Å². The maximum Gasteiger partial charge on any atom is 0.371 e. The molecule has 2 rings (SSSR count). The number of halogens is 1. The van der Waals surface area contributed by atoms with Crippen LogP contribution >= 0.6 is 0 Å². The van der Waals surface area contributed by atoms with E-state index in [1.54, 1.807) is 6.92 Å². The van der Waals surface area contributed by atoms with E-state index >= 15 is 0 Å². The molecule has 0 saturated heterocycles. The van der Waals surface area contributed by atoms with Crippen molar-refractivity contribution >= 4 is 15.8 Å². The number of carbonyl (C=O) groups is 1. The molecule has 0 aliphatic rings. The maximum atomic E-state index is 13.0. The minimum Gasteiger partial charge on any atom is -0.475 e. The maximum absolute atomic E-state index is 13.0. The molecule has 1 heterocycles. The van der Waals surface area contributed by atoms with Gasteiger partial charge in [-0.1, -0.05) is 6.07 Å². The predicted octanol–water partition coefficient (Wildman–Crippen LogP) is 2.40. The largest absolute Gasteiger partial charge is 0.475 e. The molecule has 1 N–H and O–H groups in total. The molecule has 7 heteroatoms. The van der Waals surface area contributed by atoms with Crippen LogP contribution in [0, 0.1) is 12.7 Å². The summed E-state index contributed by atoms with van der Waals surface area (Å²) < 4.78 is 41.9. The van der Waals surface area contributed by atoms with Gasteiger partial charge in [-0.15, -0.1) is 0 Å². The molecule has 0 aliphatic heterocycles. The van der Waals surface area contributed by atoms with Crippen LogP contribution in [0.2, 0.25) is 0 Å². The van der Waals surface area contributed by atoms with Crippen LogP contribution in [0.5, 0.6) is 0 Å².